The molecule has 0 radical (unpaired) electrons. The van der Waals surface area contributed by atoms with E-state index in [1.807, 2.05) is 18.7 Å². The smallest absolute Gasteiger partial charge is 0.322 e. The zero-order chi connectivity index (χ0) is 12.7. The summed E-state index contributed by atoms with van der Waals surface area (Å²) in [6, 6.07) is -0.441. The van der Waals surface area contributed by atoms with Crippen LogP contribution < -0.4 is 5.73 Å². The largest absolute Gasteiger partial charge is 0.465 e. The second-order valence-electron chi connectivity index (χ2n) is 4.91. The summed E-state index contributed by atoms with van der Waals surface area (Å²) in [5, 5.41) is 0.771. The highest BCUT2D eigenvalue weighted by Gasteiger charge is 2.20. The highest BCUT2D eigenvalue weighted by Crippen LogP contribution is 2.32. The van der Waals surface area contributed by atoms with E-state index in [-0.39, 0.29) is 5.97 Å². The lowest BCUT2D eigenvalue weighted by atomic mass is 9.91. The molecule has 0 saturated heterocycles. The minimum atomic E-state index is -0.441. The number of carbonyl (C=O) groups excluding carboxylic acids is 1. The van der Waals surface area contributed by atoms with Crippen molar-refractivity contribution >= 4 is 17.7 Å². The molecule has 1 aliphatic rings. The Bertz CT molecular complexity index is 235. The fraction of sp³-hybridized carbons (Fsp3) is 0.923. The summed E-state index contributed by atoms with van der Waals surface area (Å²) in [7, 11) is 0. The van der Waals surface area contributed by atoms with Crippen molar-refractivity contribution in [3.63, 3.8) is 0 Å². The van der Waals surface area contributed by atoms with Crippen LogP contribution in [0, 0.1) is 5.92 Å². The molecule has 0 aromatic carbocycles. The van der Waals surface area contributed by atoms with Crippen molar-refractivity contribution < 1.29 is 9.53 Å². The summed E-state index contributed by atoms with van der Waals surface area (Å²) in [4.78, 5) is 11.3. The van der Waals surface area contributed by atoms with Gasteiger partial charge < -0.3 is 10.5 Å². The normalized spacial score (nSPS) is 26.5. The van der Waals surface area contributed by atoms with E-state index < -0.39 is 6.04 Å². The third-order valence-electron chi connectivity index (χ3n) is 3.26. The van der Waals surface area contributed by atoms with Crippen LogP contribution in [0.4, 0.5) is 0 Å². The SMILES string of the molecule is CCOC(=O)C(N)CCSC1CCCC(C)C1. The summed E-state index contributed by atoms with van der Waals surface area (Å²) >= 11 is 1.98. The van der Waals surface area contributed by atoms with Gasteiger partial charge in [-0.05, 0) is 37.9 Å². The minimum absolute atomic E-state index is 0.259. The maximum atomic E-state index is 11.3. The van der Waals surface area contributed by atoms with E-state index in [9.17, 15) is 4.79 Å². The first-order valence-corrected chi connectivity index (χ1v) is 7.72. The number of hydrogen-bond acceptors (Lipinski definition) is 4. The van der Waals surface area contributed by atoms with Crippen molar-refractivity contribution in [2.45, 2.75) is 57.2 Å². The average Bonchev–Trinajstić information content (AvgIpc) is 2.29. The lowest BCUT2D eigenvalue weighted by molar-refractivity contribution is -0.144. The fourth-order valence-electron chi connectivity index (χ4n) is 2.26. The van der Waals surface area contributed by atoms with Crippen molar-refractivity contribution in [2.75, 3.05) is 12.4 Å². The van der Waals surface area contributed by atoms with Crippen LogP contribution in [0.15, 0.2) is 0 Å². The Kier molecular flexibility index (Phi) is 6.97. The van der Waals surface area contributed by atoms with Gasteiger partial charge in [0.15, 0.2) is 0 Å². The highest BCUT2D eigenvalue weighted by atomic mass is 32.2. The molecule has 1 fully saturated rings. The fourth-order valence-corrected chi connectivity index (χ4v) is 3.78. The number of carbonyl (C=O) groups is 1. The van der Waals surface area contributed by atoms with Crippen LogP contribution in [0.1, 0.15) is 46.0 Å². The Morgan fingerprint density at radius 3 is 2.94 bits per heavy atom. The Morgan fingerprint density at radius 2 is 2.29 bits per heavy atom. The number of ether oxygens (including phenoxy) is 1. The van der Waals surface area contributed by atoms with Crippen LogP contribution in [0.2, 0.25) is 0 Å². The van der Waals surface area contributed by atoms with Gasteiger partial charge in [-0.2, -0.15) is 11.8 Å². The number of esters is 1. The molecular weight excluding hydrogens is 234 g/mol. The monoisotopic (exact) mass is 259 g/mol. The van der Waals surface area contributed by atoms with Gasteiger partial charge in [0, 0.05) is 5.25 Å². The molecule has 1 rings (SSSR count). The van der Waals surface area contributed by atoms with E-state index >= 15 is 0 Å². The molecule has 0 aromatic rings. The van der Waals surface area contributed by atoms with Crippen molar-refractivity contribution in [1.82, 2.24) is 0 Å². The summed E-state index contributed by atoms with van der Waals surface area (Å²) in [5.74, 6) is 1.57. The molecule has 4 heteroatoms. The first-order chi connectivity index (χ1) is 8.13. The predicted octanol–water partition coefficient (Wildman–Crippen LogP) is 2.58. The molecule has 0 amide bonds. The topological polar surface area (TPSA) is 52.3 Å². The Labute approximate surface area is 109 Å². The van der Waals surface area contributed by atoms with E-state index in [0.717, 1.165) is 23.3 Å². The molecule has 1 saturated carbocycles. The van der Waals surface area contributed by atoms with E-state index in [2.05, 4.69) is 6.92 Å². The van der Waals surface area contributed by atoms with Crippen LogP contribution in [-0.4, -0.2) is 29.6 Å². The molecule has 100 valence electrons. The molecule has 0 bridgehead atoms. The minimum Gasteiger partial charge on any atom is -0.465 e. The van der Waals surface area contributed by atoms with Crippen LogP contribution in [0.5, 0.6) is 0 Å². The maximum Gasteiger partial charge on any atom is 0.322 e. The summed E-state index contributed by atoms with van der Waals surface area (Å²) in [5.41, 5.74) is 5.76. The molecule has 2 N–H and O–H groups in total. The number of thioether (sulfide) groups is 1. The second kappa shape index (κ2) is 7.98. The van der Waals surface area contributed by atoms with E-state index in [4.69, 9.17) is 10.5 Å². The average molecular weight is 259 g/mol. The van der Waals surface area contributed by atoms with Crippen LogP contribution in [-0.2, 0) is 9.53 Å². The van der Waals surface area contributed by atoms with Crippen molar-refractivity contribution in [3.05, 3.63) is 0 Å². The zero-order valence-corrected chi connectivity index (χ0v) is 11.8. The second-order valence-corrected chi connectivity index (χ2v) is 6.32. The summed E-state index contributed by atoms with van der Waals surface area (Å²) < 4.78 is 4.89. The van der Waals surface area contributed by atoms with Crippen LogP contribution in [0.25, 0.3) is 0 Å². The van der Waals surface area contributed by atoms with E-state index in [1.54, 1.807) is 0 Å². The van der Waals surface area contributed by atoms with Gasteiger partial charge >= 0.3 is 5.97 Å². The Balaban J connectivity index is 2.12. The first-order valence-electron chi connectivity index (χ1n) is 6.67. The number of rotatable bonds is 6. The molecule has 17 heavy (non-hydrogen) atoms. The van der Waals surface area contributed by atoms with Gasteiger partial charge in [0.05, 0.1) is 6.61 Å². The van der Waals surface area contributed by atoms with Gasteiger partial charge in [-0.1, -0.05) is 19.8 Å². The molecular formula is C13H25NO2S. The van der Waals surface area contributed by atoms with E-state index in [0.29, 0.717) is 6.61 Å². The van der Waals surface area contributed by atoms with Gasteiger partial charge in [0.1, 0.15) is 6.04 Å². The lowest BCUT2D eigenvalue weighted by Crippen LogP contribution is -2.33. The quantitative estimate of drug-likeness (QED) is 0.745. The van der Waals surface area contributed by atoms with Crippen molar-refractivity contribution in [2.24, 2.45) is 11.7 Å². The summed E-state index contributed by atoms with van der Waals surface area (Å²) in [6.07, 6.45) is 6.10. The van der Waals surface area contributed by atoms with Crippen molar-refractivity contribution in [1.29, 1.82) is 0 Å². The van der Waals surface area contributed by atoms with Gasteiger partial charge in [0.2, 0.25) is 0 Å². The highest BCUT2D eigenvalue weighted by molar-refractivity contribution is 7.99. The molecule has 0 aliphatic heterocycles. The molecule has 0 heterocycles. The lowest BCUT2D eigenvalue weighted by Gasteiger charge is -2.26. The molecule has 0 aromatic heterocycles. The number of nitrogens with two attached hydrogens (primary N) is 1. The Morgan fingerprint density at radius 1 is 1.53 bits per heavy atom. The van der Waals surface area contributed by atoms with Crippen LogP contribution >= 0.6 is 11.8 Å². The Hall–Kier alpha value is -0.220. The third-order valence-corrected chi connectivity index (χ3v) is 4.63. The van der Waals surface area contributed by atoms with Crippen molar-refractivity contribution in [3.8, 4) is 0 Å². The molecule has 1 aliphatic carbocycles. The van der Waals surface area contributed by atoms with Gasteiger partial charge in [-0.15, -0.1) is 0 Å². The molecule has 3 nitrogen and oxygen atoms in total. The van der Waals surface area contributed by atoms with Gasteiger partial charge in [-0.25, -0.2) is 0 Å². The standard InChI is InChI=1S/C13H25NO2S/c1-3-16-13(15)12(14)7-8-17-11-6-4-5-10(2)9-11/h10-12H,3-9,14H2,1-2H3. The zero-order valence-electron chi connectivity index (χ0n) is 11.0. The molecule has 0 spiro atoms. The van der Waals surface area contributed by atoms with E-state index in [1.165, 1.54) is 25.7 Å². The summed E-state index contributed by atoms with van der Waals surface area (Å²) in [6.45, 7) is 4.56. The molecule has 3 atom stereocenters. The first kappa shape index (κ1) is 14.8. The third kappa shape index (κ3) is 5.77. The van der Waals surface area contributed by atoms with Gasteiger partial charge in [0.25, 0.3) is 0 Å². The predicted molar refractivity (Wildman–Crippen MR) is 73.1 cm³/mol. The van der Waals surface area contributed by atoms with Crippen LogP contribution in [0.3, 0.4) is 0 Å². The molecule has 3 unspecified atom stereocenters. The maximum absolute atomic E-state index is 11.3. The number of hydrogen-bond donors (Lipinski definition) is 1. The van der Waals surface area contributed by atoms with Gasteiger partial charge in [-0.3, -0.25) is 4.79 Å².